The molecule has 0 atom stereocenters. The fourth-order valence-corrected chi connectivity index (χ4v) is 2.86. The van der Waals surface area contributed by atoms with Crippen molar-refractivity contribution in [3.05, 3.63) is 59.7 Å². The zero-order valence-electron chi connectivity index (χ0n) is 13.2. The molecule has 0 bridgehead atoms. The number of nitrogens with zero attached hydrogens (tertiary/aromatic N) is 1. The number of anilines is 2. The molecule has 24 heavy (non-hydrogen) atoms. The highest BCUT2D eigenvalue weighted by Gasteiger charge is 2.32. The highest BCUT2D eigenvalue weighted by Crippen LogP contribution is 2.32. The lowest BCUT2D eigenvalue weighted by atomic mass is 10.1. The van der Waals surface area contributed by atoms with Crippen LogP contribution in [0.15, 0.2) is 48.5 Å². The number of rotatable bonds is 4. The van der Waals surface area contributed by atoms with Crippen LogP contribution >= 0.6 is 0 Å². The maximum Gasteiger partial charge on any atom is 0.416 e. The quantitative estimate of drug-likeness (QED) is 0.892. The first-order valence-corrected chi connectivity index (χ1v) is 7.99. The van der Waals surface area contributed by atoms with E-state index in [-0.39, 0.29) is 12.1 Å². The van der Waals surface area contributed by atoms with E-state index in [4.69, 9.17) is 0 Å². The Hall–Kier alpha value is -2.21. The Kier molecular flexibility index (Phi) is 4.94. The van der Waals surface area contributed by atoms with Crippen molar-refractivity contribution in [1.82, 2.24) is 5.32 Å². The molecule has 1 saturated heterocycles. The fourth-order valence-electron chi connectivity index (χ4n) is 2.86. The van der Waals surface area contributed by atoms with E-state index in [9.17, 15) is 13.2 Å². The van der Waals surface area contributed by atoms with Gasteiger partial charge in [-0.3, -0.25) is 0 Å². The maximum atomic E-state index is 13.0. The molecule has 1 heterocycles. The van der Waals surface area contributed by atoms with Crippen LogP contribution in [0, 0.1) is 0 Å². The van der Waals surface area contributed by atoms with Crippen molar-refractivity contribution in [3.8, 4) is 0 Å². The summed E-state index contributed by atoms with van der Waals surface area (Å²) >= 11 is 0. The normalized spacial score (nSPS) is 15.4. The third-order valence-electron chi connectivity index (χ3n) is 4.16. The van der Waals surface area contributed by atoms with Crippen LogP contribution in [0.3, 0.4) is 0 Å². The molecule has 0 amide bonds. The topological polar surface area (TPSA) is 27.3 Å². The van der Waals surface area contributed by atoms with E-state index in [2.05, 4.69) is 15.5 Å². The zero-order valence-corrected chi connectivity index (χ0v) is 13.2. The second-order valence-corrected chi connectivity index (χ2v) is 5.79. The van der Waals surface area contributed by atoms with Gasteiger partial charge in [0.25, 0.3) is 0 Å². The molecule has 0 aliphatic carbocycles. The van der Waals surface area contributed by atoms with Crippen molar-refractivity contribution in [3.63, 3.8) is 0 Å². The average molecular weight is 335 g/mol. The van der Waals surface area contributed by atoms with Gasteiger partial charge >= 0.3 is 6.18 Å². The summed E-state index contributed by atoms with van der Waals surface area (Å²) in [5.74, 6) is 0. The summed E-state index contributed by atoms with van der Waals surface area (Å²) in [5.41, 5.74) is 1.61. The van der Waals surface area contributed by atoms with Crippen molar-refractivity contribution in [2.24, 2.45) is 0 Å². The predicted molar refractivity (Wildman–Crippen MR) is 90.3 cm³/mol. The molecule has 0 aromatic heterocycles. The molecule has 2 N–H and O–H groups in total. The molecular formula is C18H20F3N3. The summed E-state index contributed by atoms with van der Waals surface area (Å²) in [7, 11) is 0. The van der Waals surface area contributed by atoms with Gasteiger partial charge in [-0.25, -0.2) is 0 Å². The lowest BCUT2D eigenvalue weighted by Crippen LogP contribution is -2.43. The average Bonchev–Trinajstić information content (AvgIpc) is 2.61. The summed E-state index contributed by atoms with van der Waals surface area (Å²) < 4.78 is 39.0. The van der Waals surface area contributed by atoms with E-state index >= 15 is 0 Å². The number of alkyl halides is 3. The Morgan fingerprint density at radius 1 is 0.958 bits per heavy atom. The molecule has 128 valence electrons. The van der Waals surface area contributed by atoms with Gasteiger partial charge in [-0.05, 0) is 35.9 Å². The predicted octanol–water partition coefficient (Wildman–Crippen LogP) is 3.73. The van der Waals surface area contributed by atoms with E-state index in [1.165, 1.54) is 12.1 Å². The van der Waals surface area contributed by atoms with Gasteiger partial charge in [0.15, 0.2) is 0 Å². The smallest absolute Gasteiger partial charge is 0.381 e. The van der Waals surface area contributed by atoms with Gasteiger partial charge < -0.3 is 15.5 Å². The monoisotopic (exact) mass is 335 g/mol. The number of piperazine rings is 1. The molecule has 0 spiro atoms. The Balaban J connectivity index is 1.65. The Labute approximate surface area is 139 Å². The van der Waals surface area contributed by atoms with Gasteiger partial charge in [0.2, 0.25) is 0 Å². The molecule has 3 rings (SSSR count). The number of benzene rings is 2. The first-order chi connectivity index (χ1) is 11.5. The first-order valence-electron chi connectivity index (χ1n) is 7.99. The van der Waals surface area contributed by atoms with E-state index in [1.54, 1.807) is 6.07 Å². The Morgan fingerprint density at radius 3 is 2.29 bits per heavy atom. The van der Waals surface area contributed by atoms with Crippen LogP contribution in [0.5, 0.6) is 0 Å². The molecule has 1 fully saturated rings. The summed E-state index contributed by atoms with van der Waals surface area (Å²) in [4.78, 5) is 2.29. The minimum Gasteiger partial charge on any atom is -0.381 e. The van der Waals surface area contributed by atoms with Crippen LogP contribution in [0.2, 0.25) is 0 Å². The summed E-state index contributed by atoms with van der Waals surface area (Å²) in [6, 6.07) is 13.5. The second-order valence-electron chi connectivity index (χ2n) is 5.79. The first kappa shape index (κ1) is 16.6. The van der Waals surface area contributed by atoms with Gasteiger partial charge in [0, 0.05) is 44.1 Å². The zero-order chi connectivity index (χ0) is 17.0. The highest BCUT2D eigenvalue weighted by molar-refractivity contribution is 5.55. The molecule has 2 aromatic rings. The molecule has 2 aromatic carbocycles. The number of halogens is 3. The van der Waals surface area contributed by atoms with Gasteiger partial charge in [0.05, 0.1) is 5.56 Å². The standard InChI is InChI=1S/C18H20F3N3/c19-18(20,21)17-4-2-1-3-14(17)13-23-15-5-7-16(8-6-15)24-11-9-22-10-12-24/h1-8,22-23H,9-13H2. The molecule has 1 aliphatic heterocycles. The van der Waals surface area contributed by atoms with Crippen molar-refractivity contribution in [1.29, 1.82) is 0 Å². The largest absolute Gasteiger partial charge is 0.416 e. The SMILES string of the molecule is FC(F)(F)c1ccccc1CNc1ccc(N2CCNCC2)cc1. The lowest BCUT2D eigenvalue weighted by molar-refractivity contribution is -0.138. The lowest BCUT2D eigenvalue weighted by Gasteiger charge is -2.29. The van der Waals surface area contributed by atoms with Crippen LogP contribution < -0.4 is 15.5 Å². The van der Waals surface area contributed by atoms with Gasteiger partial charge in [-0.15, -0.1) is 0 Å². The Bertz CT molecular complexity index is 662. The Morgan fingerprint density at radius 2 is 1.62 bits per heavy atom. The number of nitrogens with one attached hydrogen (secondary N) is 2. The minimum atomic E-state index is -4.33. The van der Waals surface area contributed by atoms with Crippen molar-refractivity contribution in [2.45, 2.75) is 12.7 Å². The van der Waals surface area contributed by atoms with Crippen molar-refractivity contribution >= 4 is 11.4 Å². The van der Waals surface area contributed by atoms with Crippen molar-refractivity contribution < 1.29 is 13.2 Å². The third kappa shape index (κ3) is 4.00. The summed E-state index contributed by atoms with van der Waals surface area (Å²) in [6.45, 7) is 4.00. The molecule has 0 radical (unpaired) electrons. The van der Waals surface area contributed by atoms with E-state index < -0.39 is 11.7 Å². The van der Waals surface area contributed by atoms with Crippen LogP contribution in [0.4, 0.5) is 24.5 Å². The maximum absolute atomic E-state index is 13.0. The van der Waals surface area contributed by atoms with Crippen molar-refractivity contribution in [2.75, 3.05) is 36.4 Å². The van der Waals surface area contributed by atoms with Crippen LogP contribution in [-0.2, 0) is 12.7 Å². The summed E-state index contributed by atoms with van der Waals surface area (Å²) in [5, 5.41) is 6.38. The molecule has 6 heteroatoms. The highest BCUT2D eigenvalue weighted by atomic mass is 19.4. The molecular weight excluding hydrogens is 315 g/mol. The van der Waals surface area contributed by atoms with Gasteiger partial charge in [-0.2, -0.15) is 13.2 Å². The van der Waals surface area contributed by atoms with E-state index in [0.717, 1.165) is 43.6 Å². The minimum absolute atomic E-state index is 0.142. The van der Waals surface area contributed by atoms with E-state index in [0.29, 0.717) is 0 Å². The van der Waals surface area contributed by atoms with Crippen LogP contribution in [0.25, 0.3) is 0 Å². The number of hydrogen-bond donors (Lipinski definition) is 2. The molecule has 1 aliphatic rings. The van der Waals surface area contributed by atoms with Gasteiger partial charge in [0.1, 0.15) is 0 Å². The fraction of sp³-hybridized carbons (Fsp3) is 0.333. The molecule has 0 saturated carbocycles. The molecule has 0 unspecified atom stereocenters. The van der Waals surface area contributed by atoms with Gasteiger partial charge in [-0.1, -0.05) is 18.2 Å². The summed E-state index contributed by atoms with van der Waals surface area (Å²) in [6.07, 6.45) is -4.33. The van der Waals surface area contributed by atoms with Crippen LogP contribution in [-0.4, -0.2) is 26.2 Å². The third-order valence-corrected chi connectivity index (χ3v) is 4.16. The number of hydrogen-bond acceptors (Lipinski definition) is 3. The van der Waals surface area contributed by atoms with E-state index in [1.807, 2.05) is 24.3 Å². The second kappa shape index (κ2) is 7.13. The van der Waals surface area contributed by atoms with Crippen LogP contribution in [0.1, 0.15) is 11.1 Å². The molecule has 3 nitrogen and oxygen atoms in total.